The maximum atomic E-state index is 12.7. The summed E-state index contributed by atoms with van der Waals surface area (Å²) in [7, 11) is -3.36. The van der Waals surface area contributed by atoms with Gasteiger partial charge in [-0.1, -0.05) is 37.3 Å². The highest BCUT2D eigenvalue weighted by atomic mass is 32.2. The molecule has 2 aliphatic rings. The van der Waals surface area contributed by atoms with Crippen molar-refractivity contribution in [2.45, 2.75) is 45.2 Å². The van der Waals surface area contributed by atoms with Crippen LogP contribution in [-0.2, 0) is 16.8 Å². The molecule has 6 heteroatoms. The Labute approximate surface area is 146 Å². The summed E-state index contributed by atoms with van der Waals surface area (Å²) in [5.41, 5.74) is 1.28. The smallest absolute Gasteiger partial charge is 0.279 e. The summed E-state index contributed by atoms with van der Waals surface area (Å²) >= 11 is 0. The van der Waals surface area contributed by atoms with Crippen LogP contribution < -0.4 is 4.72 Å². The molecule has 24 heavy (non-hydrogen) atoms. The van der Waals surface area contributed by atoms with Gasteiger partial charge in [0, 0.05) is 32.2 Å². The van der Waals surface area contributed by atoms with Gasteiger partial charge >= 0.3 is 0 Å². The van der Waals surface area contributed by atoms with Crippen LogP contribution in [0.15, 0.2) is 30.3 Å². The van der Waals surface area contributed by atoms with Crippen molar-refractivity contribution < 1.29 is 8.42 Å². The lowest BCUT2D eigenvalue weighted by Crippen LogP contribution is -2.53. The Balaban J connectivity index is 1.56. The third-order valence-electron chi connectivity index (χ3n) is 5.03. The molecule has 3 rings (SSSR count). The molecule has 0 saturated carbocycles. The second-order valence-corrected chi connectivity index (χ2v) is 8.99. The second kappa shape index (κ2) is 7.95. The molecule has 0 aromatic heterocycles. The van der Waals surface area contributed by atoms with Crippen LogP contribution in [0.25, 0.3) is 0 Å². The molecule has 0 spiro atoms. The minimum atomic E-state index is -3.36. The predicted molar refractivity (Wildman–Crippen MR) is 96.8 cm³/mol. The van der Waals surface area contributed by atoms with E-state index in [0.717, 1.165) is 45.3 Å². The van der Waals surface area contributed by atoms with Crippen molar-refractivity contribution in [3.05, 3.63) is 35.9 Å². The van der Waals surface area contributed by atoms with Crippen molar-refractivity contribution >= 4 is 10.2 Å². The molecule has 1 aromatic carbocycles. The van der Waals surface area contributed by atoms with Gasteiger partial charge in [0.05, 0.1) is 0 Å². The summed E-state index contributed by atoms with van der Waals surface area (Å²) in [6, 6.07) is 10.4. The van der Waals surface area contributed by atoms with E-state index in [4.69, 9.17) is 0 Å². The van der Waals surface area contributed by atoms with Crippen LogP contribution in [0.3, 0.4) is 0 Å². The Morgan fingerprint density at radius 1 is 1.08 bits per heavy atom. The van der Waals surface area contributed by atoms with E-state index in [1.54, 1.807) is 4.31 Å². The fourth-order valence-electron chi connectivity index (χ4n) is 3.79. The maximum Gasteiger partial charge on any atom is 0.279 e. The van der Waals surface area contributed by atoms with E-state index in [1.807, 2.05) is 6.07 Å². The summed E-state index contributed by atoms with van der Waals surface area (Å²) < 4.78 is 29.9. The molecule has 2 fully saturated rings. The standard InChI is InChI=1S/C18H29N3O2S/c1-16-7-5-12-21(13-16)24(22,23)19-18-10-6-11-20(15-18)14-17-8-3-2-4-9-17/h2-4,8-9,16,18-19H,5-7,10-15H2,1H3. The summed E-state index contributed by atoms with van der Waals surface area (Å²) in [4.78, 5) is 2.35. The normalized spacial score (nSPS) is 27.2. The molecule has 2 unspecified atom stereocenters. The third-order valence-corrected chi connectivity index (χ3v) is 6.67. The molecule has 1 N–H and O–H groups in total. The van der Waals surface area contributed by atoms with Crippen LogP contribution >= 0.6 is 0 Å². The number of hydrogen-bond donors (Lipinski definition) is 1. The van der Waals surface area contributed by atoms with Gasteiger partial charge in [0.25, 0.3) is 10.2 Å². The first-order valence-corrected chi connectivity index (χ1v) is 10.5. The SMILES string of the molecule is CC1CCCN(S(=O)(=O)NC2CCCN(Cc3ccccc3)C2)C1. The Hall–Kier alpha value is -0.950. The molecule has 2 saturated heterocycles. The number of hydrogen-bond acceptors (Lipinski definition) is 3. The van der Waals surface area contributed by atoms with Crippen molar-refractivity contribution in [2.24, 2.45) is 5.92 Å². The van der Waals surface area contributed by atoms with Crippen molar-refractivity contribution in [3.8, 4) is 0 Å². The molecule has 0 amide bonds. The zero-order valence-corrected chi connectivity index (χ0v) is 15.3. The average molecular weight is 352 g/mol. The summed E-state index contributed by atoms with van der Waals surface area (Å²) in [6.45, 7) is 6.14. The summed E-state index contributed by atoms with van der Waals surface area (Å²) in [6.07, 6.45) is 4.05. The summed E-state index contributed by atoms with van der Waals surface area (Å²) in [5, 5.41) is 0. The molecule has 0 aliphatic carbocycles. The van der Waals surface area contributed by atoms with Crippen molar-refractivity contribution in [1.29, 1.82) is 0 Å². The van der Waals surface area contributed by atoms with E-state index in [2.05, 4.69) is 40.8 Å². The lowest BCUT2D eigenvalue weighted by atomic mass is 10.0. The van der Waals surface area contributed by atoms with Gasteiger partial charge in [-0.15, -0.1) is 0 Å². The zero-order valence-electron chi connectivity index (χ0n) is 14.5. The van der Waals surface area contributed by atoms with Gasteiger partial charge in [-0.25, -0.2) is 0 Å². The molecule has 2 heterocycles. The number of rotatable bonds is 5. The Kier molecular flexibility index (Phi) is 5.92. The van der Waals surface area contributed by atoms with Gasteiger partial charge in [-0.05, 0) is 43.7 Å². The lowest BCUT2D eigenvalue weighted by Gasteiger charge is -2.36. The van der Waals surface area contributed by atoms with Crippen LogP contribution in [0.4, 0.5) is 0 Å². The number of likely N-dealkylation sites (tertiary alicyclic amines) is 1. The van der Waals surface area contributed by atoms with Crippen LogP contribution in [-0.4, -0.2) is 49.8 Å². The van der Waals surface area contributed by atoms with Crippen LogP contribution in [0.2, 0.25) is 0 Å². The number of nitrogens with zero attached hydrogens (tertiary/aromatic N) is 2. The largest absolute Gasteiger partial charge is 0.298 e. The molecular formula is C18H29N3O2S. The van der Waals surface area contributed by atoms with Gasteiger partial charge in [0.2, 0.25) is 0 Å². The molecule has 0 bridgehead atoms. The fraction of sp³-hybridized carbons (Fsp3) is 0.667. The van der Waals surface area contributed by atoms with Crippen molar-refractivity contribution in [3.63, 3.8) is 0 Å². The highest BCUT2D eigenvalue weighted by Gasteiger charge is 2.30. The first-order chi connectivity index (χ1) is 11.5. The minimum Gasteiger partial charge on any atom is -0.298 e. The zero-order chi connectivity index (χ0) is 17.0. The van der Waals surface area contributed by atoms with E-state index in [-0.39, 0.29) is 6.04 Å². The Bertz CT molecular complexity index is 620. The molecule has 2 atom stereocenters. The van der Waals surface area contributed by atoms with Crippen molar-refractivity contribution in [1.82, 2.24) is 13.9 Å². The first-order valence-electron chi connectivity index (χ1n) is 9.06. The average Bonchev–Trinajstić information content (AvgIpc) is 2.56. The number of benzene rings is 1. The number of nitrogens with one attached hydrogen (secondary N) is 1. The third kappa shape index (κ3) is 4.79. The quantitative estimate of drug-likeness (QED) is 0.885. The van der Waals surface area contributed by atoms with Crippen LogP contribution in [0.5, 0.6) is 0 Å². The van der Waals surface area contributed by atoms with E-state index < -0.39 is 10.2 Å². The molecule has 0 radical (unpaired) electrons. The van der Waals surface area contributed by atoms with Crippen LogP contribution in [0, 0.1) is 5.92 Å². The molecule has 5 nitrogen and oxygen atoms in total. The topological polar surface area (TPSA) is 52.7 Å². The Morgan fingerprint density at radius 2 is 1.83 bits per heavy atom. The van der Waals surface area contributed by atoms with Gasteiger partial charge in [0.1, 0.15) is 0 Å². The lowest BCUT2D eigenvalue weighted by molar-refractivity contribution is 0.191. The monoisotopic (exact) mass is 351 g/mol. The van der Waals surface area contributed by atoms with Gasteiger partial charge in [-0.2, -0.15) is 17.4 Å². The van der Waals surface area contributed by atoms with Crippen molar-refractivity contribution in [2.75, 3.05) is 26.2 Å². The molecule has 1 aromatic rings. The predicted octanol–water partition coefficient (Wildman–Crippen LogP) is 2.22. The van der Waals surface area contributed by atoms with E-state index in [9.17, 15) is 8.42 Å². The van der Waals surface area contributed by atoms with Gasteiger partial charge in [-0.3, -0.25) is 4.90 Å². The molecule has 2 aliphatic heterocycles. The van der Waals surface area contributed by atoms with Gasteiger partial charge in [0.15, 0.2) is 0 Å². The minimum absolute atomic E-state index is 0.0182. The highest BCUT2D eigenvalue weighted by molar-refractivity contribution is 7.87. The van der Waals surface area contributed by atoms with E-state index >= 15 is 0 Å². The first kappa shape index (κ1) is 17.9. The van der Waals surface area contributed by atoms with E-state index in [1.165, 1.54) is 5.56 Å². The maximum absolute atomic E-state index is 12.7. The fourth-order valence-corrected chi connectivity index (χ4v) is 5.37. The summed E-state index contributed by atoms with van der Waals surface area (Å²) in [5.74, 6) is 0.455. The number of piperidine rings is 2. The van der Waals surface area contributed by atoms with E-state index in [0.29, 0.717) is 19.0 Å². The molecule has 134 valence electrons. The van der Waals surface area contributed by atoms with Crippen LogP contribution in [0.1, 0.15) is 38.2 Å². The second-order valence-electron chi connectivity index (χ2n) is 7.29. The van der Waals surface area contributed by atoms with Gasteiger partial charge < -0.3 is 0 Å². The molecular weight excluding hydrogens is 322 g/mol. The Morgan fingerprint density at radius 3 is 2.58 bits per heavy atom. The highest BCUT2D eigenvalue weighted by Crippen LogP contribution is 2.19.